The number of halogens is 2. The van der Waals surface area contributed by atoms with Crippen LogP contribution in [-0.4, -0.2) is 43.3 Å². The van der Waals surface area contributed by atoms with Crippen LogP contribution in [0, 0.1) is 10.1 Å². The first kappa shape index (κ1) is 19.9. The van der Waals surface area contributed by atoms with Gasteiger partial charge in [0, 0.05) is 36.8 Å². The Bertz CT molecular complexity index is 967. The lowest BCUT2D eigenvalue weighted by Crippen LogP contribution is -2.54. The third-order valence-electron chi connectivity index (χ3n) is 4.47. The van der Waals surface area contributed by atoms with E-state index in [0.29, 0.717) is 17.3 Å². The molecule has 144 valence electrons. The molecule has 3 rings (SSSR count). The molecular weight excluding hydrogens is 413 g/mol. The van der Waals surface area contributed by atoms with Crippen molar-refractivity contribution in [3.05, 3.63) is 62.6 Å². The Morgan fingerprint density at radius 1 is 1.11 bits per heavy atom. The summed E-state index contributed by atoms with van der Waals surface area (Å²) in [5, 5.41) is 12.1. The second kappa shape index (κ2) is 7.63. The smallest absolute Gasteiger partial charge is 0.294 e. The molecule has 0 radical (unpaired) electrons. The van der Waals surface area contributed by atoms with Crippen LogP contribution in [0.4, 0.5) is 11.4 Å². The lowest BCUT2D eigenvalue weighted by molar-refractivity contribution is -0.384. The van der Waals surface area contributed by atoms with Crippen molar-refractivity contribution in [2.75, 3.05) is 24.5 Å². The fourth-order valence-corrected chi connectivity index (χ4v) is 5.24. The molecule has 1 fully saturated rings. The average Bonchev–Trinajstić information content (AvgIpc) is 2.61. The van der Waals surface area contributed by atoms with E-state index in [1.54, 1.807) is 17.9 Å². The Morgan fingerprint density at radius 3 is 2.37 bits per heavy atom. The quantitative estimate of drug-likeness (QED) is 0.544. The van der Waals surface area contributed by atoms with Crippen LogP contribution in [0.15, 0.2) is 47.4 Å². The van der Waals surface area contributed by atoms with Crippen LogP contribution in [0.5, 0.6) is 0 Å². The van der Waals surface area contributed by atoms with Crippen molar-refractivity contribution in [3.8, 4) is 0 Å². The zero-order valence-electron chi connectivity index (χ0n) is 14.4. The Hall–Kier alpha value is -1.87. The molecule has 1 atom stereocenters. The van der Waals surface area contributed by atoms with Gasteiger partial charge in [-0.2, -0.15) is 4.31 Å². The van der Waals surface area contributed by atoms with Crippen molar-refractivity contribution in [3.63, 3.8) is 0 Å². The summed E-state index contributed by atoms with van der Waals surface area (Å²) in [5.41, 5.74) is 0.225. The number of piperazine rings is 1. The van der Waals surface area contributed by atoms with Crippen LogP contribution < -0.4 is 4.90 Å². The molecule has 1 aliphatic rings. The van der Waals surface area contributed by atoms with Gasteiger partial charge in [-0.3, -0.25) is 10.1 Å². The molecular formula is C17H17Cl2N3O4S. The minimum Gasteiger partial charge on any atom is -0.362 e. The van der Waals surface area contributed by atoms with Crippen LogP contribution >= 0.6 is 23.2 Å². The van der Waals surface area contributed by atoms with Gasteiger partial charge in [0.25, 0.3) is 5.69 Å². The monoisotopic (exact) mass is 429 g/mol. The Morgan fingerprint density at radius 2 is 1.78 bits per heavy atom. The van der Waals surface area contributed by atoms with Gasteiger partial charge in [0.05, 0.1) is 14.8 Å². The van der Waals surface area contributed by atoms with Gasteiger partial charge >= 0.3 is 0 Å². The van der Waals surface area contributed by atoms with Gasteiger partial charge in [0.2, 0.25) is 10.0 Å². The summed E-state index contributed by atoms with van der Waals surface area (Å²) in [4.78, 5) is 12.8. The summed E-state index contributed by atoms with van der Waals surface area (Å²) in [5.74, 6) is 0. The maximum Gasteiger partial charge on any atom is 0.294 e. The van der Waals surface area contributed by atoms with Crippen molar-refractivity contribution >= 4 is 44.6 Å². The second-order valence-corrected chi connectivity index (χ2v) is 8.96. The standard InChI is InChI=1S/C17H17Cl2N3O4S/c1-12-11-20(17-15(19)3-2-4-16(17)22(23)24)9-10-21(12)27(25,26)14-7-5-13(18)6-8-14/h2-8,12H,9-11H2,1H3. The molecule has 0 aromatic heterocycles. The molecule has 1 aliphatic heterocycles. The first-order valence-corrected chi connectivity index (χ1v) is 10.4. The molecule has 2 aromatic carbocycles. The number of nitrogens with zero attached hydrogens (tertiary/aromatic N) is 3. The summed E-state index contributed by atoms with van der Waals surface area (Å²) in [6.07, 6.45) is 0. The molecule has 1 heterocycles. The topological polar surface area (TPSA) is 83.8 Å². The maximum atomic E-state index is 12.9. The molecule has 27 heavy (non-hydrogen) atoms. The Balaban J connectivity index is 1.87. The van der Waals surface area contributed by atoms with Crippen molar-refractivity contribution in [1.29, 1.82) is 0 Å². The number of rotatable bonds is 4. The predicted octanol–water partition coefficient (Wildman–Crippen LogP) is 3.80. The zero-order chi connectivity index (χ0) is 19.8. The molecule has 0 saturated carbocycles. The SMILES string of the molecule is CC1CN(c2c(Cl)cccc2[N+](=O)[O-])CCN1S(=O)(=O)c1ccc(Cl)cc1. The van der Waals surface area contributed by atoms with Crippen LogP contribution in [0.25, 0.3) is 0 Å². The number of para-hydroxylation sites is 1. The first-order valence-electron chi connectivity index (χ1n) is 8.17. The summed E-state index contributed by atoms with van der Waals surface area (Å²) in [7, 11) is -3.69. The van der Waals surface area contributed by atoms with Gasteiger partial charge in [0.1, 0.15) is 5.69 Å². The van der Waals surface area contributed by atoms with E-state index in [-0.39, 0.29) is 28.7 Å². The van der Waals surface area contributed by atoms with E-state index in [2.05, 4.69) is 0 Å². The van der Waals surface area contributed by atoms with Crippen LogP contribution in [0.3, 0.4) is 0 Å². The zero-order valence-corrected chi connectivity index (χ0v) is 16.7. The summed E-state index contributed by atoms with van der Waals surface area (Å²) in [6, 6.07) is 10.1. The second-order valence-electron chi connectivity index (χ2n) is 6.23. The van der Waals surface area contributed by atoms with E-state index in [0.717, 1.165) is 0 Å². The van der Waals surface area contributed by atoms with Gasteiger partial charge in [-0.1, -0.05) is 29.3 Å². The molecule has 0 spiro atoms. The van der Waals surface area contributed by atoms with E-state index < -0.39 is 21.0 Å². The van der Waals surface area contributed by atoms with Crippen molar-refractivity contribution < 1.29 is 13.3 Å². The van der Waals surface area contributed by atoms with E-state index in [1.165, 1.54) is 40.7 Å². The van der Waals surface area contributed by atoms with Crippen LogP contribution in [0.1, 0.15) is 6.92 Å². The first-order chi connectivity index (χ1) is 12.7. The lowest BCUT2D eigenvalue weighted by Gasteiger charge is -2.40. The molecule has 1 saturated heterocycles. The third kappa shape index (κ3) is 3.89. The van der Waals surface area contributed by atoms with Crippen molar-refractivity contribution in [2.24, 2.45) is 0 Å². The van der Waals surface area contributed by atoms with Crippen LogP contribution in [0.2, 0.25) is 10.0 Å². The highest BCUT2D eigenvalue weighted by atomic mass is 35.5. The van der Waals surface area contributed by atoms with Gasteiger partial charge in [-0.25, -0.2) is 8.42 Å². The number of sulfonamides is 1. The average molecular weight is 430 g/mol. The van der Waals surface area contributed by atoms with Crippen LogP contribution in [-0.2, 0) is 10.0 Å². The van der Waals surface area contributed by atoms with Gasteiger partial charge in [-0.05, 0) is 37.3 Å². The molecule has 7 nitrogen and oxygen atoms in total. The van der Waals surface area contributed by atoms with Gasteiger partial charge in [0.15, 0.2) is 0 Å². The predicted molar refractivity (Wildman–Crippen MR) is 105 cm³/mol. The summed E-state index contributed by atoms with van der Waals surface area (Å²) >= 11 is 12.0. The fraction of sp³-hybridized carbons (Fsp3) is 0.294. The van der Waals surface area contributed by atoms with E-state index in [1.807, 2.05) is 0 Å². The largest absolute Gasteiger partial charge is 0.362 e. The normalized spacial score (nSPS) is 18.5. The summed E-state index contributed by atoms with van der Waals surface area (Å²) < 4.78 is 27.2. The van der Waals surface area contributed by atoms with E-state index >= 15 is 0 Å². The molecule has 0 aliphatic carbocycles. The van der Waals surface area contributed by atoms with Crippen molar-refractivity contribution in [1.82, 2.24) is 4.31 Å². The molecule has 10 heteroatoms. The molecule has 0 bridgehead atoms. The maximum absolute atomic E-state index is 12.9. The fourth-order valence-electron chi connectivity index (χ4n) is 3.21. The molecule has 2 aromatic rings. The highest BCUT2D eigenvalue weighted by Gasteiger charge is 2.36. The summed E-state index contributed by atoms with van der Waals surface area (Å²) in [6.45, 7) is 2.54. The number of hydrogen-bond donors (Lipinski definition) is 0. The number of anilines is 1. The van der Waals surface area contributed by atoms with Gasteiger partial charge in [-0.15, -0.1) is 0 Å². The highest BCUT2D eigenvalue weighted by Crippen LogP contribution is 2.37. The number of nitro benzene ring substituents is 1. The third-order valence-corrected chi connectivity index (χ3v) is 7.05. The number of hydrogen-bond acceptors (Lipinski definition) is 5. The molecule has 0 amide bonds. The Labute approximate surface area is 167 Å². The van der Waals surface area contributed by atoms with E-state index in [4.69, 9.17) is 23.2 Å². The number of nitro groups is 1. The number of benzene rings is 2. The minimum absolute atomic E-state index is 0.0938. The van der Waals surface area contributed by atoms with Crippen molar-refractivity contribution in [2.45, 2.75) is 17.9 Å². The van der Waals surface area contributed by atoms with E-state index in [9.17, 15) is 18.5 Å². The minimum atomic E-state index is -3.69. The van der Waals surface area contributed by atoms with Gasteiger partial charge < -0.3 is 4.90 Å². The highest BCUT2D eigenvalue weighted by molar-refractivity contribution is 7.89. The molecule has 1 unspecified atom stereocenters. The Kier molecular flexibility index (Phi) is 5.62. The lowest BCUT2D eigenvalue weighted by atomic mass is 10.2. The molecule has 0 N–H and O–H groups in total.